The normalized spacial score (nSPS) is 12.5. The number of likely N-dealkylation sites (N-methyl/N-ethyl adjacent to an activating group) is 1. The maximum Gasteiger partial charge on any atom is 0.266 e. The third-order valence-corrected chi connectivity index (χ3v) is 4.75. The lowest BCUT2D eigenvalue weighted by molar-refractivity contribution is -0.117. The van der Waals surface area contributed by atoms with Gasteiger partial charge in [0.1, 0.15) is 5.78 Å². The maximum absolute atomic E-state index is 11.0. The third-order valence-electron chi connectivity index (χ3n) is 4.05. The van der Waals surface area contributed by atoms with Crippen molar-refractivity contribution in [1.82, 2.24) is 9.80 Å². The van der Waals surface area contributed by atoms with Crippen LogP contribution < -0.4 is 0 Å². The molecule has 7 heteroatoms. The van der Waals surface area contributed by atoms with Crippen LogP contribution in [0.2, 0.25) is 0 Å². The first-order chi connectivity index (χ1) is 11.1. The standard InChI is InChI=1S/C17H36N2O4S/c1-16(2)9-11-19(14-15-24(21,22)23)13-12-18(4)10-7-5-6-8-17(3)20/h16H,5-15H2,1-4H3,(H,21,22,23). The second-order valence-corrected chi connectivity index (χ2v) is 8.70. The van der Waals surface area contributed by atoms with E-state index in [-0.39, 0.29) is 11.5 Å². The summed E-state index contributed by atoms with van der Waals surface area (Å²) in [6.07, 6.45) is 4.77. The van der Waals surface area contributed by atoms with Crippen molar-refractivity contribution in [3.05, 3.63) is 0 Å². The average Bonchev–Trinajstić information content (AvgIpc) is 2.44. The lowest BCUT2D eigenvalue weighted by Crippen LogP contribution is -2.37. The third kappa shape index (κ3) is 16.4. The van der Waals surface area contributed by atoms with E-state index in [1.807, 2.05) is 0 Å². The molecule has 0 spiro atoms. The molecule has 0 aromatic carbocycles. The van der Waals surface area contributed by atoms with Gasteiger partial charge >= 0.3 is 0 Å². The summed E-state index contributed by atoms with van der Waals surface area (Å²) in [6.45, 7) is 9.79. The molecule has 0 unspecified atom stereocenters. The second kappa shape index (κ2) is 12.8. The van der Waals surface area contributed by atoms with Crippen molar-refractivity contribution in [2.45, 2.75) is 52.9 Å². The predicted octanol–water partition coefficient (Wildman–Crippen LogP) is 2.30. The summed E-state index contributed by atoms with van der Waals surface area (Å²) in [6, 6.07) is 0. The molecule has 144 valence electrons. The minimum absolute atomic E-state index is 0.208. The van der Waals surface area contributed by atoms with Gasteiger partial charge in [-0.3, -0.25) is 4.55 Å². The summed E-state index contributed by atoms with van der Waals surface area (Å²) < 4.78 is 30.9. The average molecular weight is 365 g/mol. The van der Waals surface area contributed by atoms with Crippen LogP contribution in [0.15, 0.2) is 0 Å². The first-order valence-corrected chi connectivity index (χ1v) is 10.6. The van der Waals surface area contributed by atoms with Gasteiger partial charge in [0.25, 0.3) is 10.1 Å². The van der Waals surface area contributed by atoms with Gasteiger partial charge in [0, 0.05) is 26.1 Å². The monoisotopic (exact) mass is 364 g/mol. The summed E-state index contributed by atoms with van der Waals surface area (Å²) in [5.74, 6) is 0.611. The number of ketones is 1. The number of carbonyl (C=O) groups excluding carboxylic acids is 1. The minimum atomic E-state index is -3.91. The zero-order valence-electron chi connectivity index (χ0n) is 15.8. The van der Waals surface area contributed by atoms with Crippen LogP contribution >= 0.6 is 0 Å². The highest BCUT2D eigenvalue weighted by atomic mass is 32.2. The molecular formula is C17H36N2O4S. The van der Waals surface area contributed by atoms with Crippen molar-refractivity contribution in [1.29, 1.82) is 0 Å². The molecule has 0 amide bonds. The molecular weight excluding hydrogens is 328 g/mol. The van der Waals surface area contributed by atoms with Gasteiger partial charge in [-0.1, -0.05) is 20.3 Å². The van der Waals surface area contributed by atoms with Gasteiger partial charge in [-0.25, -0.2) is 0 Å². The molecule has 0 atom stereocenters. The fraction of sp³-hybridized carbons (Fsp3) is 0.941. The summed E-state index contributed by atoms with van der Waals surface area (Å²) >= 11 is 0. The summed E-state index contributed by atoms with van der Waals surface area (Å²) in [5, 5.41) is 0. The van der Waals surface area contributed by atoms with Crippen LogP contribution in [0.3, 0.4) is 0 Å². The predicted molar refractivity (Wildman–Crippen MR) is 99.0 cm³/mol. The summed E-state index contributed by atoms with van der Waals surface area (Å²) in [5.41, 5.74) is 0. The van der Waals surface area contributed by atoms with Crippen molar-refractivity contribution in [2.24, 2.45) is 5.92 Å². The largest absolute Gasteiger partial charge is 0.305 e. The van der Waals surface area contributed by atoms with E-state index in [9.17, 15) is 13.2 Å². The maximum atomic E-state index is 11.0. The van der Waals surface area contributed by atoms with Crippen molar-refractivity contribution < 1.29 is 17.8 Å². The summed E-state index contributed by atoms with van der Waals surface area (Å²) in [7, 11) is -1.84. The van der Waals surface area contributed by atoms with E-state index in [1.54, 1.807) is 6.92 Å². The Morgan fingerprint density at radius 2 is 1.67 bits per heavy atom. The molecule has 0 bridgehead atoms. The highest BCUT2D eigenvalue weighted by molar-refractivity contribution is 7.85. The molecule has 0 aliphatic heterocycles. The number of unbranched alkanes of at least 4 members (excludes halogenated alkanes) is 2. The molecule has 0 heterocycles. The number of carbonyl (C=O) groups is 1. The van der Waals surface area contributed by atoms with E-state index in [0.29, 0.717) is 18.9 Å². The quantitative estimate of drug-likeness (QED) is 0.355. The van der Waals surface area contributed by atoms with Crippen molar-refractivity contribution in [3.63, 3.8) is 0 Å². The molecule has 0 aliphatic carbocycles. The van der Waals surface area contributed by atoms with E-state index in [1.165, 1.54) is 0 Å². The molecule has 0 saturated heterocycles. The van der Waals surface area contributed by atoms with E-state index in [4.69, 9.17) is 4.55 Å². The van der Waals surface area contributed by atoms with E-state index in [0.717, 1.165) is 51.9 Å². The van der Waals surface area contributed by atoms with Gasteiger partial charge in [-0.05, 0) is 52.2 Å². The molecule has 0 radical (unpaired) electrons. The number of hydrogen-bond acceptors (Lipinski definition) is 5. The lowest BCUT2D eigenvalue weighted by atomic mass is 10.1. The lowest BCUT2D eigenvalue weighted by Gasteiger charge is -2.25. The Morgan fingerprint density at radius 1 is 1.00 bits per heavy atom. The van der Waals surface area contributed by atoms with Crippen molar-refractivity contribution in [3.8, 4) is 0 Å². The number of hydrogen-bond donors (Lipinski definition) is 1. The first-order valence-electron chi connectivity index (χ1n) is 8.95. The van der Waals surface area contributed by atoms with Gasteiger partial charge in [-0.15, -0.1) is 0 Å². The number of rotatable bonds is 15. The van der Waals surface area contributed by atoms with Gasteiger partial charge in [-0.2, -0.15) is 8.42 Å². The second-order valence-electron chi connectivity index (χ2n) is 7.13. The molecule has 0 aliphatic rings. The Kier molecular flexibility index (Phi) is 12.5. The Balaban J connectivity index is 4.06. The molecule has 24 heavy (non-hydrogen) atoms. The van der Waals surface area contributed by atoms with Gasteiger partial charge in [0.05, 0.1) is 5.75 Å². The Labute approximate surface area is 148 Å². The fourth-order valence-electron chi connectivity index (χ4n) is 2.38. The summed E-state index contributed by atoms with van der Waals surface area (Å²) in [4.78, 5) is 15.2. The van der Waals surface area contributed by atoms with E-state index < -0.39 is 10.1 Å². The van der Waals surface area contributed by atoms with Crippen LogP contribution in [-0.4, -0.2) is 74.1 Å². The molecule has 0 saturated carbocycles. The van der Waals surface area contributed by atoms with Crippen LogP contribution in [0, 0.1) is 5.92 Å². The molecule has 0 aromatic heterocycles. The zero-order chi connectivity index (χ0) is 18.6. The molecule has 0 fully saturated rings. The zero-order valence-corrected chi connectivity index (χ0v) is 16.6. The highest BCUT2D eigenvalue weighted by Crippen LogP contribution is 2.04. The molecule has 1 N–H and O–H groups in total. The Morgan fingerprint density at radius 3 is 2.21 bits per heavy atom. The minimum Gasteiger partial charge on any atom is -0.305 e. The van der Waals surface area contributed by atoms with Crippen LogP contribution in [0.4, 0.5) is 0 Å². The number of Topliss-reactive ketones (excluding diaryl/α,β-unsaturated/α-hetero) is 1. The van der Waals surface area contributed by atoms with Crippen LogP contribution in [0.1, 0.15) is 52.9 Å². The van der Waals surface area contributed by atoms with E-state index in [2.05, 4.69) is 30.7 Å². The first kappa shape index (κ1) is 23.5. The smallest absolute Gasteiger partial charge is 0.266 e. The highest BCUT2D eigenvalue weighted by Gasteiger charge is 2.12. The SMILES string of the molecule is CC(=O)CCCCCN(C)CCN(CCC(C)C)CCS(=O)(=O)O. The number of nitrogens with zero attached hydrogens (tertiary/aromatic N) is 2. The van der Waals surface area contributed by atoms with E-state index >= 15 is 0 Å². The molecule has 6 nitrogen and oxygen atoms in total. The van der Waals surface area contributed by atoms with Gasteiger partial charge in [0.15, 0.2) is 0 Å². The topological polar surface area (TPSA) is 77.9 Å². The van der Waals surface area contributed by atoms with Gasteiger partial charge < -0.3 is 14.6 Å². The van der Waals surface area contributed by atoms with Crippen molar-refractivity contribution >= 4 is 15.9 Å². The van der Waals surface area contributed by atoms with Crippen LogP contribution in [0.5, 0.6) is 0 Å². The van der Waals surface area contributed by atoms with Crippen molar-refractivity contribution in [2.75, 3.05) is 45.5 Å². The molecule has 0 aromatic rings. The fourth-order valence-corrected chi connectivity index (χ4v) is 2.87. The molecule has 0 rings (SSSR count). The van der Waals surface area contributed by atoms with Gasteiger partial charge in [0.2, 0.25) is 0 Å². The van der Waals surface area contributed by atoms with Crippen LogP contribution in [0.25, 0.3) is 0 Å². The Hall–Kier alpha value is -0.500. The van der Waals surface area contributed by atoms with Crippen LogP contribution in [-0.2, 0) is 14.9 Å². The Bertz CT molecular complexity index is 438.